The fourth-order valence-electron chi connectivity index (χ4n) is 4.31. The molecule has 1 spiro atoms. The first-order valence-corrected chi connectivity index (χ1v) is 6.86. The van der Waals surface area contributed by atoms with Crippen molar-refractivity contribution < 1.29 is 4.79 Å². The average molecular weight is 233 g/mol. The molecule has 17 heavy (non-hydrogen) atoms. The molecular weight excluding hydrogens is 214 g/mol. The summed E-state index contributed by atoms with van der Waals surface area (Å²) < 4.78 is 0. The Bertz CT molecular complexity index is 415. The first-order chi connectivity index (χ1) is 8.20. The van der Waals surface area contributed by atoms with E-state index in [1.165, 1.54) is 32.1 Å². The van der Waals surface area contributed by atoms with Gasteiger partial charge in [-0.15, -0.1) is 0 Å². The smallest absolute Gasteiger partial charge is 0.346 e. The van der Waals surface area contributed by atoms with E-state index >= 15 is 0 Å². The van der Waals surface area contributed by atoms with Crippen LogP contribution in [0.15, 0.2) is 4.99 Å². The van der Waals surface area contributed by atoms with Gasteiger partial charge in [-0.1, -0.05) is 0 Å². The number of aliphatic imine (C=N–C) groups is 1. The maximum Gasteiger partial charge on any atom is 0.346 e. The van der Waals surface area contributed by atoms with Crippen molar-refractivity contribution in [1.82, 2.24) is 4.90 Å². The molecule has 4 nitrogen and oxygen atoms in total. The third-order valence-corrected chi connectivity index (χ3v) is 5.33. The van der Waals surface area contributed by atoms with E-state index < -0.39 is 0 Å². The zero-order valence-electron chi connectivity index (χ0n) is 10.1. The van der Waals surface area contributed by atoms with Gasteiger partial charge >= 0.3 is 6.03 Å². The second-order valence-corrected chi connectivity index (χ2v) is 6.34. The van der Waals surface area contributed by atoms with E-state index in [1.54, 1.807) is 0 Å². The molecule has 2 bridgehead atoms. The van der Waals surface area contributed by atoms with Gasteiger partial charge in [0.25, 0.3) is 0 Å². The molecule has 4 heteroatoms. The normalized spacial score (nSPS) is 43.9. The lowest BCUT2D eigenvalue weighted by Crippen LogP contribution is -2.58. The second kappa shape index (κ2) is 3.03. The number of hydrogen-bond acceptors (Lipinski definition) is 2. The predicted molar refractivity (Wildman–Crippen MR) is 64.6 cm³/mol. The van der Waals surface area contributed by atoms with Gasteiger partial charge in [-0.05, 0) is 56.3 Å². The molecule has 3 fully saturated rings. The molecule has 4 rings (SSSR count). The van der Waals surface area contributed by atoms with Crippen molar-refractivity contribution in [3.05, 3.63) is 0 Å². The highest BCUT2D eigenvalue weighted by Crippen LogP contribution is 2.55. The van der Waals surface area contributed by atoms with Crippen molar-refractivity contribution in [3.63, 3.8) is 0 Å². The molecule has 1 aliphatic heterocycles. The zero-order valence-corrected chi connectivity index (χ0v) is 10.1. The minimum absolute atomic E-state index is 0.0676. The molecule has 0 saturated heterocycles. The number of amidine groups is 1. The number of nitrogens with zero attached hydrogens (tertiary/aromatic N) is 2. The van der Waals surface area contributed by atoms with Crippen LogP contribution < -0.4 is 5.73 Å². The summed E-state index contributed by atoms with van der Waals surface area (Å²) in [6, 6.07) is -0.0676. The lowest BCUT2D eigenvalue weighted by atomic mass is 9.79. The number of nitrogens with two attached hydrogens (primary N) is 1. The minimum Gasteiger partial charge on any atom is -0.385 e. The average Bonchev–Trinajstić information content (AvgIpc) is 2.82. The number of amides is 2. The minimum atomic E-state index is -0.164. The SMILES string of the molecule is NC1=NC(=O)N(CC2CC2)C12CC1CCC2C1. The Hall–Kier alpha value is -1.06. The Kier molecular flexibility index (Phi) is 1.77. The monoisotopic (exact) mass is 233 g/mol. The van der Waals surface area contributed by atoms with Crippen LogP contribution in [0.3, 0.4) is 0 Å². The molecule has 4 aliphatic rings. The van der Waals surface area contributed by atoms with Crippen LogP contribution in [0.1, 0.15) is 38.5 Å². The largest absolute Gasteiger partial charge is 0.385 e. The van der Waals surface area contributed by atoms with E-state index in [0.29, 0.717) is 11.8 Å². The molecule has 2 amide bonds. The molecule has 3 aliphatic carbocycles. The van der Waals surface area contributed by atoms with E-state index in [2.05, 4.69) is 4.99 Å². The molecule has 0 aromatic heterocycles. The molecule has 92 valence electrons. The molecule has 0 aromatic rings. The van der Waals surface area contributed by atoms with E-state index in [-0.39, 0.29) is 11.6 Å². The van der Waals surface area contributed by atoms with E-state index in [9.17, 15) is 4.79 Å². The van der Waals surface area contributed by atoms with Gasteiger partial charge in [0.15, 0.2) is 0 Å². The quantitative estimate of drug-likeness (QED) is 0.790. The molecule has 0 aromatic carbocycles. The number of rotatable bonds is 2. The highest BCUT2D eigenvalue weighted by Gasteiger charge is 2.61. The van der Waals surface area contributed by atoms with Gasteiger partial charge < -0.3 is 10.6 Å². The Morgan fingerprint density at radius 1 is 1.35 bits per heavy atom. The Morgan fingerprint density at radius 3 is 2.76 bits per heavy atom. The maximum atomic E-state index is 12.0. The molecule has 3 unspecified atom stereocenters. The summed E-state index contributed by atoms with van der Waals surface area (Å²) in [5.41, 5.74) is 5.96. The van der Waals surface area contributed by atoms with Crippen LogP contribution in [0.2, 0.25) is 0 Å². The van der Waals surface area contributed by atoms with Crippen molar-refractivity contribution in [2.45, 2.75) is 44.1 Å². The van der Waals surface area contributed by atoms with Crippen molar-refractivity contribution in [3.8, 4) is 0 Å². The molecule has 0 radical (unpaired) electrons. The van der Waals surface area contributed by atoms with E-state index in [0.717, 1.165) is 24.8 Å². The standard InChI is InChI=1S/C13H19N3O/c14-11-13(6-9-3-4-10(13)5-9)16(12(17)15-11)7-8-1-2-8/h8-10H,1-7H2,(H2,14,15,17). The fourth-order valence-corrected chi connectivity index (χ4v) is 4.31. The molecule has 3 atom stereocenters. The van der Waals surface area contributed by atoms with Gasteiger partial charge in [-0.2, -0.15) is 4.99 Å². The molecule has 3 saturated carbocycles. The summed E-state index contributed by atoms with van der Waals surface area (Å²) in [6.07, 6.45) is 7.43. The van der Waals surface area contributed by atoms with Gasteiger partial charge in [-0.3, -0.25) is 0 Å². The number of fused-ring (bicyclic) bond motifs is 3. The van der Waals surface area contributed by atoms with Crippen LogP contribution in [0.5, 0.6) is 0 Å². The number of hydrogen-bond donors (Lipinski definition) is 1. The van der Waals surface area contributed by atoms with Crippen LogP contribution in [0.25, 0.3) is 0 Å². The first-order valence-electron chi connectivity index (χ1n) is 6.86. The Balaban J connectivity index is 1.70. The van der Waals surface area contributed by atoms with Gasteiger partial charge in [0, 0.05) is 6.54 Å². The van der Waals surface area contributed by atoms with Gasteiger partial charge in [0.05, 0.1) is 0 Å². The topological polar surface area (TPSA) is 58.7 Å². The highest BCUT2D eigenvalue weighted by molar-refractivity contribution is 6.06. The van der Waals surface area contributed by atoms with E-state index in [1.807, 2.05) is 4.90 Å². The molecule has 2 N–H and O–H groups in total. The van der Waals surface area contributed by atoms with Crippen molar-refractivity contribution in [1.29, 1.82) is 0 Å². The summed E-state index contributed by atoms with van der Waals surface area (Å²) in [4.78, 5) is 18.2. The van der Waals surface area contributed by atoms with Crippen molar-refractivity contribution >= 4 is 11.9 Å². The lowest BCUT2D eigenvalue weighted by Gasteiger charge is -2.41. The summed E-state index contributed by atoms with van der Waals surface area (Å²) in [7, 11) is 0. The number of carbonyl (C=O) groups is 1. The second-order valence-electron chi connectivity index (χ2n) is 6.34. The van der Waals surface area contributed by atoms with Crippen LogP contribution in [-0.2, 0) is 0 Å². The molecule has 1 heterocycles. The van der Waals surface area contributed by atoms with Gasteiger partial charge in [0.1, 0.15) is 11.4 Å². The first kappa shape index (κ1) is 9.92. The van der Waals surface area contributed by atoms with Gasteiger partial charge in [0.2, 0.25) is 0 Å². The van der Waals surface area contributed by atoms with Crippen LogP contribution in [0, 0.1) is 17.8 Å². The van der Waals surface area contributed by atoms with Crippen LogP contribution in [0.4, 0.5) is 4.79 Å². The van der Waals surface area contributed by atoms with Crippen molar-refractivity contribution in [2.24, 2.45) is 28.5 Å². The Morgan fingerprint density at radius 2 is 2.18 bits per heavy atom. The molecular formula is C13H19N3O. The summed E-state index contributed by atoms with van der Waals surface area (Å²) >= 11 is 0. The van der Waals surface area contributed by atoms with Gasteiger partial charge in [-0.25, -0.2) is 4.79 Å². The van der Waals surface area contributed by atoms with E-state index in [4.69, 9.17) is 5.73 Å². The van der Waals surface area contributed by atoms with Crippen LogP contribution >= 0.6 is 0 Å². The predicted octanol–water partition coefficient (Wildman–Crippen LogP) is 1.75. The van der Waals surface area contributed by atoms with Crippen molar-refractivity contribution in [2.75, 3.05) is 6.54 Å². The Labute approximate surface area is 101 Å². The van der Waals surface area contributed by atoms with Crippen LogP contribution in [-0.4, -0.2) is 28.9 Å². The third kappa shape index (κ3) is 1.19. The lowest BCUT2D eigenvalue weighted by molar-refractivity contribution is 0.127. The third-order valence-electron chi connectivity index (χ3n) is 5.33. The fraction of sp³-hybridized carbons (Fsp3) is 0.846. The summed E-state index contributed by atoms with van der Waals surface area (Å²) in [6.45, 7) is 0.895. The zero-order chi connectivity index (χ0) is 11.6. The summed E-state index contributed by atoms with van der Waals surface area (Å²) in [5, 5.41) is 0. The highest BCUT2D eigenvalue weighted by atomic mass is 16.2. The summed E-state index contributed by atoms with van der Waals surface area (Å²) in [5.74, 6) is 2.70. The maximum absolute atomic E-state index is 12.0. The number of urea groups is 1. The number of carbonyl (C=O) groups excluding carboxylic acids is 1.